The first-order chi connectivity index (χ1) is 10.3. The van der Waals surface area contributed by atoms with Crippen LogP contribution in [0.15, 0.2) is 18.2 Å². The van der Waals surface area contributed by atoms with Crippen LogP contribution in [-0.2, 0) is 11.0 Å². The lowest BCUT2D eigenvalue weighted by molar-refractivity contribution is -0.138. The largest absolute Gasteiger partial charge is 0.483 e. The highest BCUT2D eigenvalue weighted by Crippen LogP contribution is 2.32. The topological polar surface area (TPSA) is 64.1 Å². The molecular weight excluding hydrogens is 319 g/mol. The second-order valence-corrected chi connectivity index (χ2v) is 5.49. The molecule has 2 rings (SSSR count). The molecule has 2 aromatic rings. The molecule has 0 aliphatic rings. The van der Waals surface area contributed by atoms with Crippen molar-refractivity contribution in [3.8, 4) is 5.75 Å². The number of ether oxygens (including phenoxy) is 1. The molecule has 22 heavy (non-hydrogen) atoms. The fourth-order valence-electron chi connectivity index (χ4n) is 1.65. The van der Waals surface area contributed by atoms with Crippen molar-refractivity contribution in [2.75, 3.05) is 11.9 Å². The first-order valence-electron chi connectivity index (χ1n) is 6.16. The zero-order chi connectivity index (χ0) is 16.3. The molecule has 0 saturated carbocycles. The zero-order valence-corrected chi connectivity index (χ0v) is 12.5. The predicted molar refractivity (Wildman–Crippen MR) is 75.0 cm³/mol. The maximum atomic E-state index is 12.4. The van der Waals surface area contributed by atoms with Gasteiger partial charge in [0.05, 0.1) is 0 Å². The second kappa shape index (κ2) is 6.30. The van der Waals surface area contributed by atoms with Gasteiger partial charge in [-0.1, -0.05) is 29.0 Å². The third-order valence-corrected chi connectivity index (χ3v) is 3.49. The number of aryl methyl sites for hydroxylation is 2. The molecule has 1 amide bonds. The van der Waals surface area contributed by atoms with E-state index in [-0.39, 0.29) is 23.1 Å². The number of halogens is 3. The molecule has 0 radical (unpaired) electrons. The van der Waals surface area contributed by atoms with E-state index in [4.69, 9.17) is 4.74 Å². The van der Waals surface area contributed by atoms with Gasteiger partial charge >= 0.3 is 6.18 Å². The molecule has 1 N–H and O–H groups in total. The molecule has 0 spiro atoms. The Balaban J connectivity index is 1.92. The van der Waals surface area contributed by atoms with Crippen LogP contribution in [-0.4, -0.2) is 22.7 Å². The number of carbonyl (C=O) groups is 1. The van der Waals surface area contributed by atoms with E-state index >= 15 is 0 Å². The van der Waals surface area contributed by atoms with E-state index in [1.807, 2.05) is 26.0 Å². The molecule has 0 aliphatic carbocycles. The summed E-state index contributed by atoms with van der Waals surface area (Å²) in [5.41, 5.74) is 1.92. The fraction of sp³-hybridized carbons (Fsp3) is 0.308. The lowest BCUT2D eigenvalue weighted by Crippen LogP contribution is -2.20. The number of nitrogens with zero attached hydrogens (tertiary/aromatic N) is 2. The summed E-state index contributed by atoms with van der Waals surface area (Å²) in [5, 5.41) is 7.12. The van der Waals surface area contributed by atoms with Gasteiger partial charge in [-0.15, -0.1) is 10.2 Å². The quantitative estimate of drug-likeness (QED) is 0.934. The number of rotatable bonds is 4. The van der Waals surface area contributed by atoms with Crippen LogP contribution in [0.1, 0.15) is 16.1 Å². The summed E-state index contributed by atoms with van der Waals surface area (Å²) in [6.45, 7) is 3.43. The Labute approximate surface area is 128 Å². The van der Waals surface area contributed by atoms with Gasteiger partial charge in [-0.3, -0.25) is 10.1 Å². The number of carbonyl (C=O) groups excluding carboxylic acids is 1. The number of anilines is 1. The normalized spacial score (nSPS) is 11.3. The fourth-order valence-corrected chi connectivity index (χ4v) is 2.28. The SMILES string of the molecule is Cc1ccc(OCC(=O)Nc2nnc(C(F)(F)F)s2)c(C)c1. The molecule has 9 heteroatoms. The smallest absolute Gasteiger partial charge is 0.445 e. The monoisotopic (exact) mass is 331 g/mol. The molecule has 118 valence electrons. The highest BCUT2D eigenvalue weighted by atomic mass is 32.1. The van der Waals surface area contributed by atoms with E-state index in [2.05, 4.69) is 15.5 Å². The van der Waals surface area contributed by atoms with Crippen molar-refractivity contribution in [2.45, 2.75) is 20.0 Å². The van der Waals surface area contributed by atoms with Crippen LogP contribution in [0.5, 0.6) is 5.75 Å². The summed E-state index contributed by atoms with van der Waals surface area (Å²) in [6.07, 6.45) is -4.57. The summed E-state index contributed by atoms with van der Waals surface area (Å²) in [4.78, 5) is 11.6. The van der Waals surface area contributed by atoms with Gasteiger partial charge in [0.1, 0.15) is 5.75 Å². The van der Waals surface area contributed by atoms with Crippen LogP contribution in [0, 0.1) is 13.8 Å². The maximum absolute atomic E-state index is 12.4. The van der Waals surface area contributed by atoms with Crippen molar-refractivity contribution in [2.24, 2.45) is 0 Å². The van der Waals surface area contributed by atoms with Gasteiger partial charge in [-0.25, -0.2) is 0 Å². The van der Waals surface area contributed by atoms with Gasteiger partial charge in [0.15, 0.2) is 6.61 Å². The number of aromatic nitrogens is 2. The van der Waals surface area contributed by atoms with Crippen molar-refractivity contribution >= 4 is 22.4 Å². The number of hydrogen-bond acceptors (Lipinski definition) is 5. The van der Waals surface area contributed by atoms with Gasteiger partial charge in [0, 0.05) is 0 Å². The van der Waals surface area contributed by atoms with Crippen LogP contribution in [0.3, 0.4) is 0 Å². The van der Waals surface area contributed by atoms with E-state index < -0.39 is 17.1 Å². The molecule has 0 unspecified atom stereocenters. The predicted octanol–water partition coefficient (Wildman–Crippen LogP) is 3.19. The average molecular weight is 331 g/mol. The van der Waals surface area contributed by atoms with E-state index in [0.717, 1.165) is 11.1 Å². The molecule has 0 atom stereocenters. The van der Waals surface area contributed by atoms with Gasteiger partial charge < -0.3 is 4.74 Å². The molecule has 1 aromatic heterocycles. The number of alkyl halides is 3. The van der Waals surface area contributed by atoms with E-state index in [9.17, 15) is 18.0 Å². The molecule has 5 nitrogen and oxygen atoms in total. The van der Waals surface area contributed by atoms with Gasteiger partial charge in [0.2, 0.25) is 10.1 Å². The first-order valence-corrected chi connectivity index (χ1v) is 6.98. The number of hydrogen-bond donors (Lipinski definition) is 1. The third kappa shape index (κ3) is 4.17. The summed E-state index contributed by atoms with van der Waals surface area (Å²) < 4.78 is 42.4. The Morgan fingerprint density at radius 3 is 2.64 bits per heavy atom. The van der Waals surface area contributed by atoms with E-state index in [1.165, 1.54) is 0 Å². The molecule has 0 aliphatic heterocycles. The summed E-state index contributed by atoms with van der Waals surface area (Å²) >= 11 is 0.260. The maximum Gasteiger partial charge on any atom is 0.445 e. The minimum Gasteiger partial charge on any atom is -0.483 e. The Hall–Kier alpha value is -2.16. The van der Waals surface area contributed by atoms with Crippen molar-refractivity contribution in [1.82, 2.24) is 10.2 Å². The van der Waals surface area contributed by atoms with Crippen LogP contribution < -0.4 is 10.1 Å². The Kier molecular flexibility index (Phi) is 4.65. The standard InChI is InChI=1S/C13H12F3N3O2S/c1-7-3-4-9(8(2)5-7)21-6-10(20)17-12-19-18-11(22-12)13(14,15)16/h3-5H,6H2,1-2H3,(H,17,19,20). The van der Waals surface area contributed by atoms with Crippen molar-refractivity contribution in [3.05, 3.63) is 34.3 Å². The van der Waals surface area contributed by atoms with Gasteiger partial charge in [-0.2, -0.15) is 13.2 Å². The molecule has 0 saturated heterocycles. The minimum absolute atomic E-state index is 0.221. The van der Waals surface area contributed by atoms with Crippen molar-refractivity contribution in [3.63, 3.8) is 0 Å². The van der Waals surface area contributed by atoms with Crippen LogP contribution in [0.2, 0.25) is 0 Å². The molecule has 0 fully saturated rings. The van der Waals surface area contributed by atoms with Gasteiger partial charge in [-0.05, 0) is 25.5 Å². The van der Waals surface area contributed by atoms with Crippen molar-refractivity contribution < 1.29 is 22.7 Å². The number of nitrogens with one attached hydrogen (secondary N) is 1. The highest BCUT2D eigenvalue weighted by molar-refractivity contribution is 7.15. The lowest BCUT2D eigenvalue weighted by atomic mass is 10.1. The second-order valence-electron chi connectivity index (χ2n) is 4.52. The average Bonchev–Trinajstić information content (AvgIpc) is 2.86. The Bertz CT molecular complexity index is 685. The Morgan fingerprint density at radius 2 is 2.05 bits per heavy atom. The van der Waals surface area contributed by atoms with Crippen LogP contribution in [0.25, 0.3) is 0 Å². The highest BCUT2D eigenvalue weighted by Gasteiger charge is 2.35. The van der Waals surface area contributed by atoms with Crippen molar-refractivity contribution in [1.29, 1.82) is 0 Å². The zero-order valence-electron chi connectivity index (χ0n) is 11.7. The Morgan fingerprint density at radius 1 is 1.32 bits per heavy atom. The number of benzene rings is 1. The third-order valence-electron chi connectivity index (χ3n) is 2.60. The van der Waals surface area contributed by atoms with Crippen LogP contribution in [0.4, 0.5) is 18.3 Å². The van der Waals surface area contributed by atoms with Gasteiger partial charge in [0.25, 0.3) is 5.91 Å². The molecule has 1 aromatic carbocycles. The summed E-state index contributed by atoms with van der Waals surface area (Å²) in [7, 11) is 0. The first kappa shape index (κ1) is 16.2. The van der Waals surface area contributed by atoms with E-state index in [0.29, 0.717) is 5.75 Å². The molecule has 1 heterocycles. The summed E-state index contributed by atoms with van der Waals surface area (Å²) in [5.74, 6) is -0.0705. The lowest BCUT2D eigenvalue weighted by Gasteiger charge is -2.09. The van der Waals surface area contributed by atoms with Crippen LogP contribution >= 0.6 is 11.3 Å². The minimum atomic E-state index is -4.57. The number of amides is 1. The summed E-state index contributed by atoms with van der Waals surface area (Å²) in [6, 6.07) is 5.46. The van der Waals surface area contributed by atoms with E-state index in [1.54, 1.807) is 6.07 Å². The molecule has 0 bridgehead atoms. The molecular formula is C13H12F3N3O2S.